The van der Waals surface area contributed by atoms with Crippen LogP contribution in [0.2, 0.25) is 0 Å². The summed E-state index contributed by atoms with van der Waals surface area (Å²) in [4.78, 5) is 28.3. The first-order valence-electron chi connectivity index (χ1n) is 7.83. The van der Waals surface area contributed by atoms with Crippen molar-refractivity contribution < 1.29 is 14.3 Å². The standard InChI is InChI=1S/C18H21NO3/c1-18(15(20)6-7-16(18)21)9-8-12-4-3-5-13-10-17(22-2)19-11-14(12)13/h8,10-11H,3-7,9H2,1-2H3. The van der Waals surface area contributed by atoms with E-state index in [9.17, 15) is 9.59 Å². The number of aryl methyl sites for hydroxylation is 1. The number of methoxy groups -OCH3 is 1. The molecule has 0 N–H and O–H groups in total. The number of ether oxygens (including phenoxy) is 1. The van der Waals surface area contributed by atoms with Crippen molar-refractivity contribution in [2.45, 2.75) is 45.4 Å². The zero-order valence-corrected chi connectivity index (χ0v) is 13.1. The zero-order chi connectivity index (χ0) is 15.7. The fourth-order valence-corrected chi connectivity index (χ4v) is 3.39. The Bertz CT molecular complexity index is 644. The molecule has 0 aliphatic heterocycles. The van der Waals surface area contributed by atoms with Gasteiger partial charge in [-0.3, -0.25) is 9.59 Å². The Morgan fingerprint density at radius 2 is 1.95 bits per heavy atom. The van der Waals surface area contributed by atoms with Gasteiger partial charge in [0.05, 0.1) is 12.5 Å². The van der Waals surface area contributed by atoms with Gasteiger partial charge in [0.2, 0.25) is 5.88 Å². The lowest BCUT2D eigenvalue weighted by Gasteiger charge is -2.22. The van der Waals surface area contributed by atoms with E-state index >= 15 is 0 Å². The molecule has 116 valence electrons. The molecule has 0 unspecified atom stereocenters. The highest BCUT2D eigenvalue weighted by atomic mass is 16.5. The van der Waals surface area contributed by atoms with Crippen LogP contribution >= 0.6 is 0 Å². The summed E-state index contributed by atoms with van der Waals surface area (Å²) in [5, 5.41) is 0. The zero-order valence-electron chi connectivity index (χ0n) is 13.1. The summed E-state index contributed by atoms with van der Waals surface area (Å²) < 4.78 is 5.18. The summed E-state index contributed by atoms with van der Waals surface area (Å²) in [5.41, 5.74) is 2.75. The summed E-state index contributed by atoms with van der Waals surface area (Å²) >= 11 is 0. The van der Waals surface area contributed by atoms with E-state index in [0.717, 1.165) is 24.8 Å². The van der Waals surface area contributed by atoms with Gasteiger partial charge in [0, 0.05) is 25.1 Å². The van der Waals surface area contributed by atoms with E-state index in [1.54, 1.807) is 14.0 Å². The van der Waals surface area contributed by atoms with Gasteiger partial charge in [0.25, 0.3) is 0 Å². The molecule has 1 saturated carbocycles. The first kappa shape index (κ1) is 14.9. The van der Waals surface area contributed by atoms with Crippen LogP contribution in [0.4, 0.5) is 0 Å². The number of pyridine rings is 1. The minimum absolute atomic E-state index is 0.0817. The molecule has 22 heavy (non-hydrogen) atoms. The molecule has 2 aliphatic carbocycles. The second kappa shape index (κ2) is 5.67. The minimum Gasteiger partial charge on any atom is -0.481 e. The van der Waals surface area contributed by atoms with Gasteiger partial charge in [0.15, 0.2) is 0 Å². The maximum Gasteiger partial charge on any atom is 0.213 e. The van der Waals surface area contributed by atoms with E-state index in [1.807, 2.05) is 12.3 Å². The lowest BCUT2D eigenvalue weighted by atomic mass is 9.80. The fraction of sp³-hybridized carbons (Fsp3) is 0.500. The van der Waals surface area contributed by atoms with Gasteiger partial charge in [0.1, 0.15) is 11.6 Å². The number of carbonyl (C=O) groups is 2. The van der Waals surface area contributed by atoms with E-state index in [1.165, 1.54) is 11.1 Å². The van der Waals surface area contributed by atoms with Crippen LogP contribution in [0.3, 0.4) is 0 Å². The third-order valence-corrected chi connectivity index (χ3v) is 4.98. The van der Waals surface area contributed by atoms with Crippen molar-refractivity contribution >= 4 is 17.1 Å². The van der Waals surface area contributed by atoms with E-state index < -0.39 is 5.41 Å². The Kier molecular flexibility index (Phi) is 3.85. The van der Waals surface area contributed by atoms with E-state index in [2.05, 4.69) is 11.1 Å². The highest BCUT2D eigenvalue weighted by Crippen LogP contribution is 2.38. The Morgan fingerprint density at radius 3 is 2.64 bits per heavy atom. The molecular weight excluding hydrogens is 278 g/mol. The van der Waals surface area contributed by atoms with Crippen LogP contribution in [0.5, 0.6) is 5.88 Å². The van der Waals surface area contributed by atoms with Crippen molar-refractivity contribution in [3.8, 4) is 5.88 Å². The molecule has 1 fully saturated rings. The summed E-state index contributed by atoms with van der Waals surface area (Å²) in [5.74, 6) is 0.796. The number of allylic oxidation sites excluding steroid dienone is 2. The predicted octanol–water partition coefficient (Wildman–Crippen LogP) is 3.14. The molecule has 0 aromatic carbocycles. The average molecular weight is 299 g/mol. The number of hydrogen-bond acceptors (Lipinski definition) is 4. The Hall–Kier alpha value is -1.97. The van der Waals surface area contributed by atoms with Crippen molar-refractivity contribution in [3.63, 3.8) is 0 Å². The van der Waals surface area contributed by atoms with Crippen molar-refractivity contribution in [1.82, 2.24) is 4.98 Å². The van der Waals surface area contributed by atoms with Gasteiger partial charge in [-0.15, -0.1) is 0 Å². The van der Waals surface area contributed by atoms with Gasteiger partial charge in [-0.05, 0) is 49.3 Å². The molecule has 4 heteroatoms. The number of fused-ring (bicyclic) bond motifs is 1. The van der Waals surface area contributed by atoms with Crippen LogP contribution < -0.4 is 4.74 Å². The van der Waals surface area contributed by atoms with Crippen LogP contribution in [-0.4, -0.2) is 23.7 Å². The van der Waals surface area contributed by atoms with Crippen LogP contribution in [0.1, 0.15) is 50.2 Å². The molecule has 0 amide bonds. The third-order valence-electron chi connectivity index (χ3n) is 4.98. The van der Waals surface area contributed by atoms with Gasteiger partial charge < -0.3 is 4.74 Å². The first-order valence-corrected chi connectivity index (χ1v) is 7.83. The average Bonchev–Trinajstić information content (AvgIpc) is 2.80. The maximum atomic E-state index is 12.0. The lowest BCUT2D eigenvalue weighted by Crippen LogP contribution is -2.28. The second-order valence-electron chi connectivity index (χ2n) is 6.35. The highest BCUT2D eigenvalue weighted by Gasteiger charge is 2.44. The first-order chi connectivity index (χ1) is 10.5. The molecule has 0 saturated heterocycles. The fourth-order valence-electron chi connectivity index (χ4n) is 3.39. The van der Waals surface area contributed by atoms with Gasteiger partial charge in [-0.1, -0.05) is 6.08 Å². The summed E-state index contributed by atoms with van der Waals surface area (Å²) in [6, 6.07) is 1.98. The monoisotopic (exact) mass is 299 g/mol. The molecular formula is C18H21NO3. The van der Waals surface area contributed by atoms with Crippen molar-refractivity contribution in [2.24, 2.45) is 5.41 Å². The number of hydrogen-bond donors (Lipinski definition) is 0. The van der Waals surface area contributed by atoms with Crippen molar-refractivity contribution in [3.05, 3.63) is 29.5 Å². The number of carbonyl (C=O) groups excluding carboxylic acids is 2. The predicted molar refractivity (Wildman–Crippen MR) is 83.7 cm³/mol. The highest BCUT2D eigenvalue weighted by molar-refractivity contribution is 6.12. The van der Waals surface area contributed by atoms with Gasteiger partial charge in [-0.2, -0.15) is 0 Å². The molecule has 1 aromatic heterocycles. The molecule has 1 aromatic rings. The number of aromatic nitrogens is 1. The number of rotatable bonds is 3. The molecule has 0 radical (unpaired) electrons. The minimum atomic E-state index is -0.815. The number of ketones is 2. The maximum absolute atomic E-state index is 12.0. The second-order valence-corrected chi connectivity index (χ2v) is 6.35. The summed E-state index contributed by atoms with van der Waals surface area (Å²) in [6.07, 6.45) is 8.28. The molecule has 0 bridgehead atoms. The SMILES string of the molecule is COc1cc2c(cn1)C(=CCC1(C)C(=O)CCC1=O)CCC2. The molecule has 0 atom stereocenters. The van der Waals surface area contributed by atoms with E-state index in [4.69, 9.17) is 4.74 Å². The largest absolute Gasteiger partial charge is 0.481 e. The molecule has 2 aliphatic rings. The van der Waals surface area contributed by atoms with E-state index in [-0.39, 0.29) is 11.6 Å². The van der Waals surface area contributed by atoms with Crippen molar-refractivity contribution in [2.75, 3.05) is 7.11 Å². The molecule has 4 nitrogen and oxygen atoms in total. The molecule has 1 heterocycles. The molecule has 3 rings (SSSR count). The summed E-state index contributed by atoms with van der Waals surface area (Å²) in [7, 11) is 1.62. The topological polar surface area (TPSA) is 56.3 Å². The number of nitrogens with zero attached hydrogens (tertiary/aromatic N) is 1. The van der Waals surface area contributed by atoms with Gasteiger partial charge in [-0.25, -0.2) is 4.98 Å². The van der Waals surface area contributed by atoms with E-state index in [0.29, 0.717) is 25.1 Å². The van der Waals surface area contributed by atoms with Gasteiger partial charge >= 0.3 is 0 Å². The normalized spacial score (nSPS) is 22.0. The van der Waals surface area contributed by atoms with Crippen LogP contribution in [-0.2, 0) is 16.0 Å². The van der Waals surface area contributed by atoms with Crippen molar-refractivity contribution in [1.29, 1.82) is 0 Å². The van der Waals surface area contributed by atoms with Crippen LogP contribution in [0, 0.1) is 5.41 Å². The Balaban J connectivity index is 1.88. The van der Waals surface area contributed by atoms with Crippen LogP contribution in [0.25, 0.3) is 5.57 Å². The third kappa shape index (κ3) is 2.47. The smallest absolute Gasteiger partial charge is 0.213 e. The quantitative estimate of drug-likeness (QED) is 0.805. The molecule has 0 spiro atoms. The van der Waals surface area contributed by atoms with Crippen LogP contribution in [0.15, 0.2) is 18.3 Å². The summed E-state index contributed by atoms with van der Waals surface area (Å²) in [6.45, 7) is 1.79. The Morgan fingerprint density at radius 1 is 1.23 bits per heavy atom. The lowest BCUT2D eigenvalue weighted by molar-refractivity contribution is -0.133. The Labute approximate surface area is 130 Å². The number of Topliss-reactive ketones (excluding diaryl/α,β-unsaturated/α-hetero) is 2.